The molecule has 2 atom stereocenters. The standard InChI is InChI=1S/C8H9NO2.3C8H11NO.C5H13NO.C4H11NO/c1-11-8(10)6-2-4-7(9)5-3-6;1-2-10-8-5-3-7(9)4-6-8;1-2-10-8-5-3-4-7(9)6-8;1-2-10-8-6-4-3-5-7(8)9;1-3-5(6)4-7-2;1-2-4(5)3-6/h2-5H,9H2,1H3;3*3-6H,2,9H2,1H3;5H,3-4,6H2,1-2H3;4,6H,2-3,5H2,1H3. The molecule has 0 amide bonds. The maximum absolute atomic E-state index is 10.9. The lowest BCUT2D eigenvalue weighted by Gasteiger charge is -2.04. The normalized spacial score (nSPS) is 10.5. The second kappa shape index (κ2) is 33.6. The number of aliphatic hydroxyl groups is 1. The van der Waals surface area contributed by atoms with E-state index in [1.54, 1.807) is 31.4 Å². The first kappa shape index (κ1) is 50.9. The third kappa shape index (κ3) is 27.4. The van der Waals surface area contributed by atoms with Crippen LogP contribution in [0.3, 0.4) is 0 Å². The molecule has 0 aliphatic heterocycles. The summed E-state index contributed by atoms with van der Waals surface area (Å²) in [5.74, 6) is 2.13. The van der Waals surface area contributed by atoms with E-state index >= 15 is 0 Å². The van der Waals surface area contributed by atoms with Crippen molar-refractivity contribution in [2.45, 2.75) is 59.5 Å². The number of anilines is 4. The van der Waals surface area contributed by atoms with E-state index in [1.165, 1.54) is 7.11 Å². The molecule has 4 aromatic rings. The minimum Gasteiger partial charge on any atom is -0.494 e. The Morgan fingerprint density at radius 3 is 1.54 bits per heavy atom. The molecule has 13 nitrogen and oxygen atoms in total. The van der Waals surface area contributed by atoms with E-state index in [1.807, 2.05) is 107 Å². The molecule has 2 unspecified atom stereocenters. The van der Waals surface area contributed by atoms with Crippen LogP contribution in [0.1, 0.15) is 57.8 Å². The van der Waals surface area contributed by atoms with Gasteiger partial charge in [0.2, 0.25) is 0 Å². The molecule has 4 aromatic carbocycles. The van der Waals surface area contributed by atoms with E-state index in [9.17, 15) is 4.79 Å². The van der Waals surface area contributed by atoms with Crippen molar-refractivity contribution in [1.82, 2.24) is 0 Å². The zero-order valence-electron chi connectivity index (χ0n) is 33.2. The number of benzene rings is 4. The molecule has 54 heavy (non-hydrogen) atoms. The zero-order valence-corrected chi connectivity index (χ0v) is 33.2. The van der Waals surface area contributed by atoms with Gasteiger partial charge in [-0.15, -0.1) is 0 Å². The number of carbonyl (C=O) groups excluding carboxylic acids is 1. The first-order valence-electron chi connectivity index (χ1n) is 17.8. The fourth-order valence-corrected chi connectivity index (χ4v) is 3.47. The first-order valence-corrected chi connectivity index (χ1v) is 17.8. The monoisotopic (exact) mass is 754 g/mol. The molecular formula is C41H66N6O7. The summed E-state index contributed by atoms with van der Waals surface area (Å²) in [5.41, 5.74) is 36.0. The summed E-state index contributed by atoms with van der Waals surface area (Å²) in [5, 5.41) is 8.21. The lowest BCUT2D eigenvalue weighted by atomic mass is 10.2. The highest BCUT2D eigenvalue weighted by molar-refractivity contribution is 5.89. The largest absolute Gasteiger partial charge is 0.494 e. The van der Waals surface area contributed by atoms with Crippen molar-refractivity contribution >= 4 is 28.7 Å². The number of methoxy groups -OCH3 is 2. The van der Waals surface area contributed by atoms with Gasteiger partial charge in [0.05, 0.1) is 51.4 Å². The van der Waals surface area contributed by atoms with Gasteiger partial charge >= 0.3 is 5.97 Å². The minimum absolute atomic E-state index is 0.00926. The molecule has 302 valence electrons. The highest BCUT2D eigenvalue weighted by Crippen LogP contribution is 2.19. The predicted molar refractivity (Wildman–Crippen MR) is 224 cm³/mol. The summed E-state index contributed by atoms with van der Waals surface area (Å²) in [6, 6.07) is 29.0. The molecule has 0 saturated carbocycles. The van der Waals surface area contributed by atoms with Crippen molar-refractivity contribution in [3.8, 4) is 17.2 Å². The van der Waals surface area contributed by atoms with Crippen LogP contribution in [0.5, 0.6) is 17.2 Å². The Morgan fingerprint density at radius 2 is 1.13 bits per heavy atom. The SMILES string of the molecule is CCC(N)CO.CCC(N)COC.CCOc1ccc(N)cc1.CCOc1cccc(N)c1.CCOc1ccccc1N.COC(=O)c1ccc(N)cc1. The quantitative estimate of drug-likeness (QED) is 0.0636. The van der Waals surface area contributed by atoms with Crippen LogP contribution in [-0.2, 0) is 9.47 Å². The number of aliphatic hydroxyl groups excluding tert-OH is 1. The van der Waals surface area contributed by atoms with Crippen LogP contribution in [-0.4, -0.2) is 70.4 Å². The summed E-state index contributed by atoms with van der Waals surface area (Å²) < 4.78 is 24.9. The Bertz CT molecular complexity index is 1460. The highest BCUT2D eigenvalue weighted by atomic mass is 16.5. The van der Waals surface area contributed by atoms with Crippen molar-refractivity contribution in [2.75, 3.05) is 70.2 Å². The van der Waals surface area contributed by atoms with Crippen molar-refractivity contribution in [3.63, 3.8) is 0 Å². The zero-order chi connectivity index (χ0) is 41.1. The van der Waals surface area contributed by atoms with Gasteiger partial charge in [-0.25, -0.2) is 4.79 Å². The first-order chi connectivity index (χ1) is 25.8. The van der Waals surface area contributed by atoms with Crippen molar-refractivity contribution < 1.29 is 33.6 Å². The molecule has 0 radical (unpaired) electrons. The maximum atomic E-state index is 10.9. The Morgan fingerprint density at radius 1 is 0.611 bits per heavy atom. The summed E-state index contributed by atoms with van der Waals surface area (Å²) in [6.07, 6.45) is 1.85. The second-order valence-corrected chi connectivity index (χ2v) is 11.1. The molecule has 0 aromatic heterocycles. The third-order valence-corrected chi connectivity index (χ3v) is 6.57. The Balaban J connectivity index is 0. The van der Waals surface area contributed by atoms with Crippen molar-refractivity contribution in [3.05, 3.63) is 103 Å². The molecule has 0 fully saturated rings. The van der Waals surface area contributed by atoms with E-state index in [-0.39, 0.29) is 24.7 Å². The summed E-state index contributed by atoms with van der Waals surface area (Å²) in [7, 11) is 3.01. The van der Waals surface area contributed by atoms with Gasteiger partial charge in [-0.1, -0.05) is 32.0 Å². The average Bonchev–Trinajstić information content (AvgIpc) is 3.18. The third-order valence-electron chi connectivity index (χ3n) is 6.57. The summed E-state index contributed by atoms with van der Waals surface area (Å²) in [6.45, 7) is 12.7. The van der Waals surface area contributed by atoms with Crippen molar-refractivity contribution in [1.29, 1.82) is 0 Å². The number of nitrogen functional groups attached to an aromatic ring is 4. The van der Waals surface area contributed by atoms with Gasteiger partial charge < -0.3 is 63.2 Å². The molecule has 13 N–H and O–H groups in total. The summed E-state index contributed by atoms with van der Waals surface area (Å²) in [4.78, 5) is 10.9. The smallest absolute Gasteiger partial charge is 0.337 e. The number of hydrogen-bond donors (Lipinski definition) is 7. The number of carbonyl (C=O) groups is 1. The van der Waals surface area contributed by atoms with Gasteiger partial charge in [0.25, 0.3) is 0 Å². The molecule has 0 spiro atoms. The Kier molecular flexibility index (Phi) is 31.7. The van der Waals surface area contributed by atoms with Crippen LogP contribution in [0, 0.1) is 0 Å². The van der Waals surface area contributed by atoms with Gasteiger partial charge in [-0.3, -0.25) is 0 Å². The van der Waals surface area contributed by atoms with E-state index in [2.05, 4.69) is 4.74 Å². The lowest BCUT2D eigenvalue weighted by Crippen LogP contribution is -2.23. The van der Waals surface area contributed by atoms with Gasteiger partial charge in [0, 0.05) is 42.3 Å². The predicted octanol–water partition coefficient (Wildman–Crippen LogP) is 6.14. The topological polar surface area (TPSA) is 240 Å². The molecule has 4 rings (SSSR count). The molecule has 13 heteroatoms. The van der Waals surface area contributed by atoms with Crippen LogP contribution in [0.25, 0.3) is 0 Å². The van der Waals surface area contributed by atoms with Gasteiger partial charge in [0.15, 0.2) is 0 Å². The van der Waals surface area contributed by atoms with E-state index in [0.29, 0.717) is 43.4 Å². The Hall–Kier alpha value is -5.21. The minimum atomic E-state index is -0.343. The van der Waals surface area contributed by atoms with E-state index in [0.717, 1.165) is 41.5 Å². The molecule has 0 bridgehead atoms. The number of rotatable bonds is 12. The van der Waals surface area contributed by atoms with Crippen LogP contribution < -0.4 is 48.6 Å². The number of esters is 1. The molecule has 0 heterocycles. The number of hydrogen-bond acceptors (Lipinski definition) is 13. The number of nitrogens with two attached hydrogens (primary N) is 6. The lowest BCUT2D eigenvalue weighted by molar-refractivity contribution is 0.0600. The summed E-state index contributed by atoms with van der Waals surface area (Å²) >= 11 is 0. The molecular weight excluding hydrogens is 688 g/mol. The van der Waals surface area contributed by atoms with Crippen LogP contribution >= 0.6 is 0 Å². The van der Waals surface area contributed by atoms with E-state index in [4.69, 9.17) is 58.5 Å². The average molecular weight is 755 g/mol. The fourth-order valence-electron chi connectivity index (χ4n) is 3.47. The molecule has 0 saturated heterocycles. The fraction of sp³-hybridized carbons (Fsp3) is 0.390. The van der Waals surface area contributed by atoms with Crippen LogP contribution in [0.15, 0.2) is 97.1 Å². The van der Waals surface area contributed by atoms with Gasteiger partial charge in [0.1, 0.15) is 17.2 Å². The molecule has 0 aliphatic rings. The van der Waals surface area contributed by atoms with Crippen LogP contribution in [0.2, 0.25) is 0 Å². The van der Waals surface area contributed by atoms with Crippen LogP contribution in [0.4, 0.5) is 22.7 Å². The van der Waals surface area contributed by atoms with Crippen molar-refractivity contribution in [2.24, 2.45) is 11.5 Å². The van der Waals surface area contributed by atoms with E-state index < -0.39 is 0 Å². The Labute approximate surface area is 322 Å². The molecule has 0 aliphatic carbocycles. The van der Waals surface area contributed by atoms with Gasteiger partial charge in [-0.2, -0.15) is 0 Å². The maximum Gasteiger partial charge on any atom is 0.337 e. The number of para-hydroxylation sites is 2. The second-order valence-electron chi connectivity index (χ2n) is 11.1. The van der Waals surface area contributed by atoms with Gasteiger partial charge in [-0.05, 0) is 106 Å². The highest BCUT2D eigenvalue weighted by Gasteiger charge is 2.02. The number of ether oxygens (including phenoxy) is 5.